The zero-order chi connectivity index (χ0) is 18.5. The second-order valence-electron chi connectivity index (χ2n) is 6.03. The van der Waals surface area contributed by atoms with Gasteiger partial charge in [0.25, 0.3) is 5.22 Å². The van der Waals surface area contributed by atoms with Crippen LogP contribution in [0.4, 0.5) is 5.69 Å². The summed E-state index contributed by atoms with van der Waals surface area (Å²) in [7, 11) is 0. The Labute approximate surface area is 157 Å². The van der Waals surface area contributed by atoms with Crippen molar-refractivity contribution in [3.63, 3.8) is 0 Å². The summed E-state index contributed by atoms with van der Waals surface area (Å²) < 4.78 is 5.65. The Balaban J connectivity index is 1.60. The van der Waals surface area contributed by atoms with E-state index in [1.807, 2.05) is 56.3 Å². The zero-order valence-corrected chi connectivity index (χ0v) is 15.9. The van der Waals surface area contributed by atoms with E-state index < -0.39 is 0 Å². The Morgan fingerprint density at radius 1 is 1.08 bits per heavy atom. The second kappa shape index (κ2) is 8.19. The number of thioether (sulfide) groups is 1. The summed E-state index contributed by atoms with van der Waals surface area (Å²) >= 11 is 1.23. The Hall–Kier alpha value is -2.60. The van der Waals surface area contributed by atoms with E-state index in [2.05, 4.69) is 22.4 Å². The van der Waals surface area contributed by atoms with E-state index in [0.717, 1.165) is 28.8 Å². The summed E-state index contributed by atoms with van der Waals surface area (Å²) in [6.45, 7) is 6.06. The van der Waals surface area contributed by atoms with Gasteiger partial charge in [-0.15, -0.1) is 10.2 Å². The van der Waals surface area contributed by atoms with Crippen molar-refractivity contribution < 1.29 is 9.21 Å². The summed E-state index contributed by atoms with van der Waals surface area (Å²) in [6.07, 6.45) is 0.987. The van der Waals surface area contributed by atoms with Crippen molar-refractivity contribution >= 4 is 23.4 Å². The number of aromatic nitrogens is 2. The van der Waals surface area contributed by atoms with Crippen molar-refractivity contribution in [3.05, 3.63) is 59.2 Å². The molecule has 0 aliphatic carbocycles. The van der Waals surface area contributed by atoms with Crippen LogP contribution in [0.2, 0.25) is 0 Å². The smallest absolute Gasteiger partial charge is 0.277 e. The van der Waals surface area contributed by atoms with Gasteiger partial charge >= 0.3 is 0 Å². The lowest BCUT2D eigenvalue weighted by molar-refractivity contribution is -0.113. The molecule has 3 aromatic rings. The number of amides is 1. The third-order valence-electron chi connectivity index (χ3n) is 4.09. The Kier molecular flexibility index (Phi) is 5.73. The first-order chi connectivity index (χ1) is 12.6. The molecule has 5 nitrogen and oxygen atoms in total. The van der Waals surface area contributed by atoms with E-state index in [1.165, 1.54) is 17.3 Å². The van der Waals surface area contributed by atoms with Gasteiger partial charge in [-0.25, -0.2) is 0 Å². The summed E-state index contributed by atoms with van der Waals surface area (Å²) in [4.78, 5) is 12.2. The number of nitrogens with zero attached hydrogens (tertiary/aromatic N) is 2. The number of para-hydroxylation sites is 1. The molecular formula is C20H21N3O2S. The molecule has 6 heteroatoms. The molecule has 1 aromatic heterocycles. The molecule has 26 heavy (non-hydrogen) atoms. The monoisotopic (exact) mass is 367 g/mol. The highest BCUT2D eigenvalue weighted by Crippen LogP contribution is 2.24. The fraction of sp³-hybridized carbons (Fsp3) is 0.250. The molecule has 0 atom stereocenters. The molecular weight excluding hydrogens is 346 g/mol. The van der Waals surface area contributed by atoms with Gasteiger partial charge in [-0.2, -0.15) is 0 Å². The van der Waals surface area contributed by atoms with Crippen LogP contribution in [0, 0.1) is 13.8 Å². The van der Waals surface area contributed by atoms with E-state index in [1.54, 1.807) is 0 Å². The zero-order valence-electron chi connectivity index (χ0n) is 15.1. The van der Waals surface area contributed by atoms with Crippen LogP contribution in [-0.4, -0.2) is 21.9 Å². The SMILES string of the molecule is CCc1ccc(-c2nnc(SCC(=O)Nc3c(C)cccc3C)o2)cc1. The lowest BCUT2D eigenvalue weighted by Gasteiger charge is -2.10. The molecule has 1 amide bonds. The fourth-order valence-corrected chi connectivity index (χ4v) is 3.15. The van der Waals surface area contributed by atoms with Gasteiger partial charge in [-0.05, 0) is 49.1 Å². The summed E-state index contributed by atoms with van der Waals surface area (Å²) in [5.41, 5.74) is 5.07. The van der Waals surface area contributed by atoms with E-state index >= 15 is 0 Å². The van der Waals surface area contributed by atoms with Crippen molar-refractivity contribution in [1.82, 2.24) is 10.2 Å². The average Bonchev–Trinajstić information content (AvgIpc) is 3.12. The molecule has 0 radical (unpaired) electrons. The molecule has 0 saturated carbocycles. The quantitative estimate of drug-likeness (QED) is 0.643. The minimum absolute atomic E-state index is 0.0977. The molecule has 0 bridgehead atoms. The Bertz CT molecular complexity index is 883. The molecule has 3 rings (SSSR count). The van der Waals surface area contributed by atoms with Crippen LogP contribution < -0.4 is 5.32 Å². The highest BCUT2D eigenvalue weighted by molar-refractivity contribution is 7.99. The van der Waals surface area contributed by atoms with Crippen molar-refractivity contribution in [2.24, 2.45) is 0 Å². The van der Waals surface area contributed by atoms with Gasteiger partial charge in [0.05, 0.1) is 5.75 Å². The summed E-state index contributed by atoms with van der Waals surface area (Å²) in [5, 5.41) is 11.4. The molecule has 1 heterocycles. The van der Waals surface area contributed by atoms with Gasteiger partial charge in [0.2, 0.25) is 11.8 Å². The largest absolute Gasteiger partial charge is 0.411 e. The topological polar surface area (TPSA) is 68.0 Å². The van der Waals surface area contributed by atoms with Gasteiger partial charge in [-0.3, -0.25) is 4.79 Å². The third-order valence-corrected chi connectivity index (χ3v) is 4.91. The molecule has 0 aliphatic rings. The molecule has 0 fully saturated rings. The number of carbonyl (C=O) groups excluding carboxylic acids is 1. The van der Waals surface area contributed by atoms with Gasteiger partial charge < -0.3 is 9.73 Å². The summed E-state index contributed by atoms with van der Waals surface area (Å²) in [5.74, 6) is 0.578. The molecule has 0 unspecified atom stereocenters. The minimum atomic E-state index is -0.0977. The summed E-state index contributed by atoms with van der Waals surface area (Å²) in [6, 6.07) is 14.0. The molecule has 2 aromatic carbocycles. The highest BCUT2D eigenvalue weighted by atomic mass is 32.2. The maximum atomic E-state index is 12.2. The van der Waals surface area contributed by atoms with Gasteiger partial charge in [0.15, 0.2) is 0 Å². The second-order valence-corrected chi connectivity index (χ2v) is 6.95. The number of rotatable bonds is 6. The molecule has 0 saturated heterocycles. The Morgan fingerprint density at radius 2 is 1.77 bits per heavy atom. The van der Waals surface area contributed by atoms with E-state index in [0.29, 0.717) is 11.1 Å². The predicted molar refractivity (Wildman–Crippen MR) is 104 cm³/mol. The van der Waals surface area contributed by atoms with Crippen LogP contribution in [0.3, 0.4) is 0 Å². The third kappa shape index (κ3) is 4.32. The number of benzene rings is 2. The minimum Gasteiger partial charge on any atom is -0.411 e. The average molecular weight is 367 g/mol. The number of aryl methyl sites for hydroxylation is 3. The predicted octanol–water partition coefficient (Wildman–Crippen LogP) is 4.65. The number of hydrogen-bond donors (Lipinski definition) is 1. The highest BCUT2D eigenvalue weighted by Gasteiger charge is 2.12. The number of carbonyl (C=O) groups is 1. The molecule has 0 aliphatic heterocycles. The van der Waals surface area contributed by atoms with Crippen LogP contribution in [0.5, 0.6) is 0 Å². The first kappa shape index (κ1) is 18.2. The molecule has 0 spiro atoms. The molecule has 1 N–H and O–H groups in total. The van der Waals surface area contributed by atoms with Crippen molar-refractivity contribution in [3.8, 4) is 11.5 Å². The number of hydrogen-bond acceptors (Lipinski definition) is 5. The van der Waals surface area contributed by atoms with Crippen LogP contribution in [0.15, 0.2) is 52.1 Å². The first-order valence-corrected chi connectivity index (χ1v) is 9.47. The fourth-order valence-electron chi connectivity index (χ4n) is 2.58. The first-order valence-electron chi connectivity index (χ1n) is 8.48. The lowest BCUT2D eigenvalue weighted by Crippen LogP contribution is -2.15. The maximum Gasteiger partial charge on any atom is 0.277 e. The van der Waals surface area contributed by atoms with Crippen molar-refractivity contribution in [2.45, 2.75) is 32.4 Å². The van der Waals surface area contributed by atoms with E-state index in [4.69, 9.17) is 4.42 Å². The van der Waals surface area contributed by atoms with Crippen LogP contribution in [0.25, 0.3) is 11.5 Å². The number of anilines is 1. The number of nitrogens with one attached hydrogen (secondary N) is 1. The van der Waals surface area contributed by atoms with E-state index in [-0.39, 0.29) is 11.7 Å². The van der Waals surface area contributed by atoms with Gasteiger partial charge in [0.1, 0.15) is 0 Å². The normalized spacial score (nSPS) is 10.7. The Morgan fingerprint density at radius 3 is 2.42 bits per heavy atom. The van der Waals surface area contributed by atoms with Crippen LogP contribution in [0.1, 0.15) is 23.6 Å². The maximum absolute atomic E-state index is 12.2. The lowest BCUT2D eigenvalue weighted by atomic mass is 10.1. The molecule has 134 valence electrons. The van der Waals surface area contributed by atoms with Crippen LogP contribution >= 0.6 is 11.8 Å². The van der Waals surface area contributed by atoms with E-state index in [9.17, 15) is 4.79 Å². The van der Waals surface area contributed by atoms with Gasteiger partial charge in [-0.1, -0.05) is 49.0 Å². The van der Waals surface area contributed by atoms with Crippen molar-refractivity contribution in [2.75, 3.05) is 11.1 Å². The van der Waals surface area contributed by atoms with Crippen molar-refractivity contribution in [1.29, 1.82) is 0 Å². The van der Waals surface area contributed by atoms with Gasteiger partial charge in [0, 0.05) is 11.3 Å². The standard InChI is InChI=1S/C20H21N3O2S/c1-4-15-8-10-16(11-9-15)19-22-23-20(25-19)26-12-17(24)21-18-13(2)6-5-7-14(18)3/h5-11H,4,12H2,1-3H3,(H,21,24). The van der Waals surface area contributed by atoms with Crippen LogP contribution in [-0.2, 0) is 11.2 Å².